The Labute approximate surface area is 121 Å². The number of rotatable bonds is 6. The number of carbonyl (C=O) groups is 1. The average molecular weight is 288 g/mol. The summed E-state index contributed by atoms with van der Waals surface area (Å²) in [5.41, 5.74) is -0.417. The molecule has 0 aromatic heterocycles. The first-order valence-electron chi connectivity index (χ1n) is 7.06. The second kappa shape index (κ2) is 7.39. The van der Waals surface area contributed by atoms with Crippen LogP contribution in [0.5, 0.6) is 0 Å². The first kappa shape index (κ1) is 16.6. The van der Waals surface area contributed by atoms with Crippen molar-refractivity contribution >= 4 is 17.9 Å². The van der Waals surface area contributed by atoms with Crippen LogP contribution < -0.4 is 10.6 Å². The van der Waals surface area contributed by atoms with Gasteiger partial charge in [-0.2, -0.15) is 11.8 Å². The lowest BCUT2D eigenvalue weighted by atomic mass is 9.87. The van der Waals surface area contributed by atoms with Crippen molar-refractivity contribution in [3.63, 3.8) is 0 Å². The minimum atomic E-state index is -0.417. The van der Waals surface area contributed by atoms with Crippen LogP contribution in [0.4, 0.5) is 4.79 Å². The molecule has 0 radical (unpaired) electrons. The van der Waals surface area contributed by atoms with Crippen molar-refractivity contribution in [1.82, 2.24) is 10.6 Å². The standard InChI is InChI=1S/C14H28N2O2S/c1-10(19-5)6-7-15-11-8-12(9-11)16-13(17)18-14(2,3)4/h10-12,15H,6-9H2,1-5H3,(H,16,17). The van der Waals surface area contributed by atoms with Crippen LogP contribution in [0.3, 0.4) is 0 Å². The van der Waals surface area contributed by atoms with Crippen LogP contribution in [0.2, 0.25) is 0 Å². The predicted octanol–water partition coefficient (Wildman–Crippen LogP) is 2.77. The second-order valence-corrected chi connectivity index (χ2v) is 7.58. The van der Waals surface area contributed by atoms with Crippen molar-refractivity contribution in [2.24, 2.45) is 0 Å². The molecule has 0 saturated heterocycles. The maximum atomic E-state index is 11.6. The number of thioether (sulfide) groups is 1. The molecule has 4 nitrogen and oxygen atoms in total. The molecule has 5 heteroatoms. The highest BCUT2D eigenvalue weighted by Gasteiger charge is 2.31. The summed E-state index contributed by atoms with van der Waals surface area (Å²) in [4.78, 5) is 11.6. The van der Waals surface area contributed by atoms with Crippen molar-refractivity contribution in [3.8, 4) is 0 Å². The fourth-order valence-corrected chi connectivity index (χ4v) is 2.34. The minimum absolute atomic E-state index is 0.269. The zero-order valence-electron chi connectivity index (χ0n) is 12.8. The van der Waals surface area contributed by atoms with Gasteiger partial charge in [0.15, 0.2) is 0 Å². The monoisotopic (exact) mass is 288 g/mol. The van der Waals surface area contributed by atoms with Gasteiger partial charge in [-0.1, -0.05) is 6.92 Å². The second-order valence-electron chi connectivity index (χ2n) is 6.30. The number of nitrogens with one attached hydrogen (secondary N) is 2. The number of amides is 1. The highest BCUT2D eigenvalue weighted by molar-refractivity contribution is 7.99. The lowest BCUT2D eigenvalue weighted by Crippen LogP contribution is -2.53. The highest BCUT2D eigenvalue weighted by atomic mass is 32.2. The Kier molecular flexibility index (Phi) is 6.47. The lowest BCUT2D eigenvalue weighted by molar-refractivity contribution is 0.0465. The van der Waals surface area contributed by atoms with E-state index in [4.69, 9.17) is 4.74 Å². The number of hydrogen-bond acceptors (Lipinski definition) is 4. The van der Waals surface area contributed by atoms with E-state index in [2.05, 4.69) is 23.8 Å². The maximum Gasteiger partial charge on any atom is 0.407 e. The average Bonchev–Trinajstić information content (AvgIpc) is 2.22. The lowest BCUT2D eigenvalue weighted by Gasteiger charge is -2.37. The van der Waals surface area contributed by atoms with Crippen LogP contribution in [0, 0.1) is 0 Å². The van der Waals surface area contributed by atoms with E-state index in [1.54, 1.807) is 0 Å². The molecule has 1 aliphatic rings. The van der Waals surface area contributed by atoms with Gasteiger partial charge in [0.2, 0.25) is 0 Å². The van der Waals surface area contributed by atoms with Gasteiger partial charge in [-0.25, -0.2) is 4.79 Å². The zero-order chi connectivity index (χ0) is 14.5. The molecule has 1 saturated carbocycles. The molecule has 2 N–H and O–H groups in total. The first-order chi connectivity index (χ1) is 8.80. The van der Waals surface area contributed by atoms with Crippen LogP contribution in [0.1, 0.15) is 47.0 Å². The Hall–Kier alpha value is -0.420. The van der Waals surface area contributed by atoms with E-state index in [1.807, 2.05) is 32.5 Å². The van der Waals surface area contributed by atoms with Crippen LogP contribution in [-0.4, -0.2) is 41.8 Å². The van der Waals surface area contributed by atoms with E-state index in [-0.39, 0.29) is 12.1 Å². The van der Waals surface area contributed by atoms with Gasteiger partial charge < -0.3 is 15.4 Å². The molecule has 0 aromatic carbocycles. The van der Waals surface area contributed by atoms with E-state index in [9.17, 15) is 4.79 Å². The summed E-state index contributed by atoms with van der Waals surface area (Å²) in [7, 11) is 0. The van der Waals surface area contributed by atoms with Crippen LogP contribution >= 0.6 is 11.8 Å². The number of hydrogen-bond donors (Lipinski definition) is 2. The molecular formula is C14H28N2O2S. The molecule has 1 unspecified atom stereocenters. The molecule has 1 rings (SSSR count). The Morgan fingerprint density at radius 2 is 2.00 bits per heavy atom. The summed E-state index contributed by atoms with van der Waals surface area (Å²) >= 11 is 1.90. The summed E-state index contributed by atoms with van der Waals surface area (Å²) < 4.78 is 5.23. The van der Waals surface area contributed by atoms with Gasteiger partial charge in [-0.05, 0) is 52.8 Å². The van der Waals surface area contributed by atoms with E-state index in [0.29, 0.717) is 11.3 Å². The van der Waals surface area contributed by atoms with Gasteiger partial charge in [0.05, 0.1) is 0 Å². The molecule has 0 heterocycles. The van der Waals surface area contributed by atoms with Gasteiger partial charge in [-0.3, -0.25) is 0 Å². The molecule has 1 aliphatic carbocycles. The molecule has 0 aromatic rings. The molecule has 0 bridgehead atoms. The summed E-state index contributed by atoms with van der Waals surface area (Å²) in [5.74, 6) is 0. The third-order valence-corrected chi connectivity index (χ3v) is 4.29. The molecule has 1 atom stereocenters. The molecule has 0 spiro atoms. The highest BCUT2D eigenvalue weighted by Crippen LogP contribution is 2.21. The normalized spacial score (nSPS) is 24.5. The molecule has 1 amide bonds. The summed E-state index contributed by atoms with van der Waals surface area (Å²) in [6, 6.07) is 0.819. The van der Waals surface area contributed by atoms with Crippen molar-refractivity contribution < 1.29 is 9.53 Å². The zero-order valence-corrected chi connectivity index (χ0v) is 13.6. The third-order valence-electron chi connectivity index (χ3n) is 3.25. The number of alkyl carbamates (subject to hydrolysis) is 1. The van der Waals surface area contributed by atoms with Crippen molar-refractivity contribution in [1.29, 1.82) is 0 Å². The Bertz CT molecular complexity index is 286. The van der Waals surface area contributed by atoms with Gasteiger partial charge in [0.1, 0.15) is 5.60 Å². The fraction of sp³-hybridized carbons (Fsp3) is 0.929. The SMILES string of the molecule is CSC(C)CCNC1CC(NC(=O)OC(C)(C)C)C1. The number of carbonyl (C=O) groups excluding carboxylic acids is 1. The topological polar surface area (TPSA) is 50.4 Å². The fourth-order valence-electron chi connectivity index (χ4n) is 1.99. The van der Waals surface area contributed by atoms with Gasteiger partial charge >= 0.3 is 6.09 Å². The number of ether oxygens (including phenoxy) is 1. The van der Waals surface area contributed by atoms with Crippen LogP contribution in [0.15, 0.2) is 0 Å². The quantitative estimate of drug-likeness (QED) is 0.789. The molecule has 1 fully saturated rings. The van der Waals surface area contributed by atoms with E-state index in [1.165, 1.54) is 6.42 Å². The Morgan fingerprint density at radius 3 is 2.53 bits per heavy atom. The summed E-state index contributed by atoms with van der Waals surface area (Å²) in [5, 5.41) is 7.15. The summed E-state index contributed by atoms with van der Waals surface area (Å²) in [6.45, 7) is 8.95. The van der Waals surface area contributed by atoms with Crippen molar-refractivity contribution in [2.75, 3.05) is 12.8 Å². The Morgan fingerprint density at radius 1 is 1.37 bits per heavy atom. The van der Waals surface area contributed by atoms with Gasteiger partial charge in [0, 0.05) is 17.3 Å². The largest absolute Gasteiger partial charge is 0.444 e. The first-order valence-corrected chi connectivity index (χ1v) is 8.34. The molecular weight excluding hydrogens is 260 g/mol. The van der Waals surface area contributed by atoms with E-state index < -0.39 is 5.60 Å². The third kappa shape index (κ3) is 7.06. The molecule has 19 heavy (non-hydrogen) atoms. The minimum Gasteiger partial charge on any atom is -0.444 e. The van der Waals surface area contributed by atoms with E-state index >= 15 is 0 Å². The van der Waals surface area contributed by atoms with Gasteiger partial charge in [0.25, 0.3) is 0 Å². The Balaban J connectivity index is 2.05. The van der Waals surface area contributed by atoms with E-state index in [0.717, 1.165) is 19.4 Å². The van der Waals surface area contributed by atoms with Crippen molar-refractivity contribution in [3.05, 3.63) is 0 Å². The van der Waals surface area contributed by atoms with Crippen LogP contribution in [0.25, 0.3) is 0 Å². The van der Waals surface area contributed by atoms with Crippen molar-refractivity contribution in [2.45, 2.75) is 69.9 Å². The maximum absolute atomic E-state index is 11.6. The smallest absolute Gasteiger partial charge is 0.407 e. The molecule has 0 aliphatic heterocycles. The predicted molar refractivity (Wildman–Crippen MR) is 81.8 cm³/mol. The molecule has 112 valence electrons. The van der Waals surface area contributed by atoms with Crippen LogP contribution in [-0.2, 0) is 4.74 Å². The summed E-state index contributed by atoms with van der Waals surface area (Å²) in [6.07, 6.45) is 5.06. The van der Waals surface area contributed by atoms with Gasteiger partial charge in [-0.15, -0.1) is 0 Å².